The first-order valence-corrected chi connectivity index (χ1v) is 5.25. The first-order chi connectivity index (χ1) is 5.86. The van der Waals surface area contributed by atoms with Crippen molar-refractivity contribution in [3.05, 3.63) is 16.1 Å². The summed E-state index contributed by atoms with van der Waals surface area (Å²) in [4.78, 5) is 4.39. The minimum Gasteiger partial charge on any atom is -0.374 e. The van der Waals surface area contributed by atoms with E-state index in [1.165, 1.54) is 5.69 Å². The third-order valence-corrected chi connectivity index (χ3v) is 2.41. The normalized spacial score (nSPS) is 10.5. The van der Waals surface area contributed by atoms with Crippen LogP contribution in [0.5, 0.6) is 0 Å². The van der Waals surface area contributed by atoms with Gasteiger partial charge in [-0.1, -0.05) is 13.8 Å². The molecular weight excluding hydrogens is 170 g/mol. The molecule has 0 atom stereocenters. The molecule has 3 heteroatoms. The van der Waals surface area contributed by atoms with Crippen LogP contribution in [0.3, 0.4) is 0 Å². The summed E-state index contributed by atoms with van der Waals surface area (Å²) in [6.45, 7) is 5.74. The molecule has 0 aliphatic rings. The maximum atomic E-state index is 5.37. The van der Waals surface area contributed by atoms with E-state index in [2.05, 4.69) is 24.2 Å². The van der Waals surface area contributed by atoms with E-state index < -0.39 is 0 Å². The van der Waals surface area contributed by atoms with Crippen LogP contribution in [0.1, 0.15) is 31.0 Å². The fraction of sp³-hybridized carbons (Fsp3) is 0.667. The van der Waals surface area contributed by atoms with E-state index in [9.17, 15) is 0 Å². The first kappa shape index (κ1) is 9.68. The second-order valence-electron chi connectivity index (χ2n) is 2.64. The number of nitrogens with zero attached hydrogens (tertiary/aromatic N) is 1. The summed E-state index contributed by atoms with van der Waals surface area (Å²) < 4.78 is 5.37. The van der Waals surface area contributed by atoms with Crippen LogP contribution in [0, 0.1) is 0 Å². The molecule has 2 nitrogen and oxygen atoms in total. The van der Waals surface area contributed by atoms with Crippen LogP contribution in [0.4, 0.5) is 0 Å². The number of thiazole rings is 1. The van der Waals surface area contributed by atoms with E-state index in [4.69, 9.17) is 4.74 Å². The summed E-state index contributed by atoms with van der Waals surface area (Å²) in [5.41, 5.74) is 1.18. The number of aromatic nitrogens is 1. The zero-order valence-electron chi connectivity index (χ0n) is 7.67. The van der Waals surface area contributed by atoms with Gasteiger partial charge >= 0.3 is 0 Å². The van der Waals surface area contributed by atoms with E-state index in [0.29, 0.717) is 6.61 Å². The van der Waals surface area contributed by atoms with Gasteiger partial charge in [0.15, 0.2) is 0 Å². The van der Waals surface area contributed by atoms with Crippen LogP contribution in [-0.2, 0) is 17.8 Å². The van der Waals surface area contributed by atoms with Gasteiger partial charge in [0.2, 0.25) is 0 Å². The Balaban J connectivity index is 2.31. The van der Waals surface area contributed by atoms with Gasteiger partial charge < -0.3 is 4.74 Å². The maximum absolute atomic E-state index is 5.37. The van der Waals surface area contributed by atoms with E-state index in [0.717, 1.165) is 24.5 Å². The molecule has 0 unspecified atom stereocenters. The van der Waals surface area contributed by atoms with Crippen molar-refractivity contribution < 1.29 is 4.74 Å². The molecule has 0 saturated carbocycles. The lowest BCUT2D eigenvalue weighted by Crippen LogP contribution is -1.93. The molecule has 0 fully saturated rings. The molecule has 1 rings (SSSR count). The number of hydrogen-bond acceptors (Lipinski definition) is 3. The Kier molecular flexibility index (Phi) is 4.25. The van der Waals surface area contributed by atoms with Gasteiger partial charge in [0.05, 0.1) is 12.3 Å². The minimum atomic E-state index is 0.679. The molecule has 0 spiro atoms. The second kappa shape index (κ2) is 5.27. The Labute approximate surface area is 77.6 Å². The van der Waals surface area contributed by atoms with Crippen molar-refractivity contribution in [3.63, 3.8) is 0 Å². The molecule has 0 N–H and O–H groups in total. The van der Waals surface area contributed by atoms with Gasteiger partial charge in [-0.2, -0.15) is 0 Å². The molecule has 0 bridgehead atoms. The van der Waals surface area contributed by atoms with Crippen LogP contribution < -0.4 is 0 Å². The van der Waals surface area contributed by atoms with Crippen molar-refractivity contribution in [1.82, 2.24) is 4.98 Å². The number of hydrogen-bond donors (Lipinski definition) is 0. The number of rotatable bonds is 5. The average molecular weight is 185 g/mol. The predicted octanol–water partition coefficient (Wildman–Crippen LogP) is 2.63. The van der Waals surface area contributed by atoms with E-state index in [1.807, 2.05) is 0 Å². The molecule has 1 aromatic rings. The van der Waals surface area contributed by atoms with E-state index in [-0.39, 0.29) is 0 Å². The SMILES string of the molecule is CCCOCc1nc(CC)cs1. The lowest BCUT2D eigenvalue weighted by molar-refractivity contribution is 0.121. The summed E-state index contributed by atoms with van der Waals surface area (Å²) >= 11 is 1.69. The predicted molar refractivity (Wildman–Crippen MR) is 51.4 cm³/mol. The van der Waals surface area contributed by atoms with Crippen molar-refractivity contribution in [2.24, 2.45) is 0 Å². The summed E-state index contributed by atoms with van der Waals surface area (Å²) in [7, 11) is 0. The molecule has 0 saturated heterocycles. The smallest absolute Gasteiger partial charge is 0.119 e. The van der Waals surface area contributed by atoms with Crippen LogP contribution >= 0.6 is 11.3 Å². The van der Waals surface area contributed by atoms with E-state index in [1.54, 1.807) is 11.3 Å². The van der Waals surface area contributed by atoms with Gasteiger partial charge in [0.25, 0.3) is 0 Å². The quantitative estimate of drug-likeness (QED) is 0.658. The van der Waals surface area contributed by atoms with Gasteiger partial charge in [-0.25, -0.2) is 4.98 Å². The molecule has 0 radical (unpaired) electrons. The second-order valence-corrected chi connectivity index (χ2v) is 3.58. The highest BCUT2D eigenvalue weighted by Crippen LogP contribution is 2.11. The fourth-order valence-corrected chi connectivity index (χ4v) is 1.69. The van der Waals surface area contributed by atoms with Gasteiger partial charge in [-0.3, -0.25) is 0 Å². The monoisotopic (exact) mass is 185 g/mol. The lowest BCUT2D eigenvalue weighted by Gasteiger charge is -1.97. The van der Waals surface area contributed by atoms with Crippen LogP contribution in [0.25, 0.3) is 0 Å². The molecule has 12 heavy (non-hydrogen) atoms. The van der Waals surface area contributed by atoms with Crippen LogP contribution in [0.2, 0.25) is 0 Å². The molecular formula is C9H15NOS. The molecule has 0 aromatic carbocycles. The third kappa shape index (κ3) is 2.91. The van der Waals surface area contributed by atoms with Crippen LogP contribution in [-0.4, -0.2) is 11.6 Å². The fourth-order valence-electron chi connectivity index (χ4n) is 0.881. The molecule has 0 aliphatic carbocycles. The summed E-state index contributed by atoms with van der Waals surface area (Å²) in [6, 6.07) is 0. The molecule has 1 heterocycles. The van der Waals surface area contributed by atoms with Crippen molar-refractivity contribution in [1.29, 1.82) is 0 Å². The summed E-state index contributed by atoms with van der Waals surface area (Å²) in [6.07, 6.45) is 2.09. The average Bonchev–Trinajstić information content (AvgIpc) is 2.53. The summed E-state index contributed by atoms with van der Waals surface area (Å²) in [5, 5.41) is 3.20. The summed E-state index contributed by atoms with van der Waals surface area (Å²) in [5.74, 6) is 0. The lowest BCUT2D eigenvalue weighted by atomic mass is 10.4. The van der Waals surface area contributed by atoms with E-state index >= 15 is 0 Å². The van der Waals surface area contributed by atoms with Crippen molar-refractivity contribution in [2.45, 2.75) is 33.3 Å². The molecule has 68 valence electrons. The Morgan fingerprint density at radius 3 is 2.92 bits per heavy atom. The standard InChI is InChI=1S/C9H15NOS/c1-3-5-11-6-9-10-8(4-2)7-12-9/h7H,3-6H2,1-2H3. The Bertz CT molecular complexity index is 222. The zero-order valence-corrected chi connectivity index (χ0v) is 8.49. The number of aryl methyl sites for hydroxylation is 1. The van der Waals surface area contributed by atoms with Gasteiger partial charge in [0, 0.05) is 12.0 Å². The highest BCUT2D eigenvalue weighted by molar-refractivity contribution is 7.09. The highest BCUT2D eigenvalue weighted by Gasteiger charge is 1.99. The Hall–Kier alpha value is -0.410. The van der Waals surface area contributed by atoms with Crippen LogP contribution in [0.15, 0.2) is 5.38 Å². The third-order valence-electron chi connectivity index (χ3n) is 1.54. The zero-order chi connectivity index (χ0) is 8.81. The van der Waals surface area contributed by atoms with Crippen molar-refractivity contribution in [3.8, 4) is 0 Å². The molecule has 0 aliphatic heterocycles. The van der Waals surface area contributed by atoms with Gasteiger partial charge in [-0.15, -0.1) is 11.3 Å². The van der Waals surface area contributed by atoms with Gasteiger partial charge in [-0.05, 0) is 12.8 Å². The Morgan fingerprint density at radius 1 is 1.50 bits per heavy atom. The highest BCUT2D eigenvalue weighted by atomic mass is 32.1. The topological polar surface area (TPSA) is 22.1 Å². The Morgan fingerprint density at radius 2 is 2.33 bits per heavy atom. The molecule has 0 amide bonds. The van der Waals surface area contributed by atoms with Crippen molar-refractivity contribution >= 4 is 11.3 Å². The minimum absolute atomic E-state index is 0.679. The number of ether oxygens (including phenoxy) is 1. The largest absolute Gasteiger partial charge is 0.374 e. The van der Waals surface area contributed by atoms with Crippen molar-refractivity contribution in [2.75, 3.05) is 6.61 Å². The first-order valence-electron chi connectivity index (χ1n) is 4.37. The molecule has 1 aromatic heterocycles. The van der Waals surface area contributed by atoms with Gasteiger partial charge in [0.1, 0.15) is 5.01 Å². The maximum Gasteiger partial charge on any atom is 0.119 e.